The monoisotopic (exact) mass is 424 g/mol. The summed E-state index contributed by atoms with van der Waals surface area (Å²) < 4.78 is 17.0. The molecule has 0 aliphatic carbocycles. The number of carboxylic acids is 1. The van der Waals surface area contributed by atoms with Gasteiger partial charge in [0.2, 0.25) is 6.41 Å². The third-order valence-electron chi connectivity index (χ3n) is 4.27. The quantitative estimate of drug-likeness (QED) is 0.402. The second-order valence-corrected chi connectivity index (χ2v) is 7.29. The van der Waals surface area contributed by atoms with Crippen LogP contribution in [0.4, 0.5) is 4.39 Å². The first-order valence-corrected chi connectivity index (χ1v) is 9.82. The number of aryl methyl sites for hydroxylation is 1. The molecule has 2 unspecified atom stereocenters. The Balaban J connectivity index is 0.000000278. The first kappa shape index (κ1) is 22.4. The molecular formula is C19H21FN2O6S. The molecule has 156 valence electrons. The van der Waals surface area contributed by atoms with Gasteiger partial charge in [0.1, 0.15) is 29.5 Å². The molecule has 1 saturated heterocycles. The van der Waals surface area contributed by atoms with Crippen molar-refractivity contribution in [1.82, 2.24) is 10.2 Å². The Morgan fingerprint density at radius 2 is 2.03 bits per heavy atom. The molecule has 8 nitrogen and oxygen atoms in total. The molecule has 1 aromatic carbocycles. The van der Waals surface area contributed by atoms with Gasteiger partial charge in [-0.05, 0) is 24.1 Å². The number of β-lactam (4-membered cyclic amide) rings is 1. The number of fused-ring (bicyclic) bond motifs is 1. The molecule has 0 aromatic heterocycles. The number of aliphatic carboxylic acids is 1. The normalized spacial score (nSPS) is 20.0. The summed E-state index contributed by atoms with van der Waals surface area (Å²) in [5.74, 6) is -2.10. The molecule has 2 aliphatic rings. The van der Waals surface area contributed by atoms with E-state index in [2.05, 4.69) is 5.32 Å². The first-order valence-electron chi connectivity index (χ1n) is 8.77. The predicted molar refractivity (Wildman–Crippen MR) is 103 cm³/mol. The third kappa shape index (κ3) is 5.35. The van der Waals surface area contributed by atoms with E-state index in [1.165, 1.54) is 36.4 Å². The molecular weight excluding hydrogens is 403 g/mol. The molecule has 0 saturated carbocycles. The standard InChI is InChI=1S/C11H12N2O6S.C8H9F/c1-5(15)19-2-6-3-20-10-7(12-4-14)9(16)13(10)8(6)11(17)18;1-2-7-3-5-8(9)6-4-7/h4,7,10H,2-3H2,1H3,(H,12,14)(H,17,18);3-6H,2H2,1H3. The second-order valence-electron chi connectivity index (χ2n) is 6.19. The highest BCUT2D eigenvalue weighted by molar-refractivity contribution is 8.00. The third-order valence-corrected chi connectivity index (χ3v) is 5.61. The number of rotatable bonds is 6. The van der Waals surface area contributed by atoms with Gasteiger partial charge in [0.25, 0.3) is 5.91 Å². The first-order chi connectivity index (χ1) is 13.8. The minimum Gasteiger partial charge on any atom is -0.477 e. The number of carbonyl (C=O) groups excluding carboxylic acids is 3. The van der Waals surface area contributed by atoms with Gasteiger partial charge in [-0.3, -0.25) is 19.3 Å². The van der Waals surface area contributed by atoms with Gasteiger partial charge in [-0.25, -0.2) is 9.18 Å². The lowest BCUT2D eigenvalue weighted by Gasteiger charge is -2.48. The van der Waals surface area contributed by atoms with Crippen LogP contribution in [0.15, 0.2) is 35.5 Å². The molecule has 0 radical (unpaired) electrons. The van der Waals surface area contributed by atoms with Crippen LogP contribution in [-0.2, 0) is 30.3 Å². The summed E-state index contributed by atoms with van der Waals surface area (Å²) in [6.45, 7) is 3.11. The molecule has 10 heteroatoms. The highest BCUT2D eigenvalue weighted by Gasteiger charge is 2.53. The average Bonchev–Trinajstić information content (AvgIpc) is 2.70. The molecule has 2 aliphatic heterocycles. The molecule has 2 amide bonds. The highest BCUT2D eigenvalue weighted by atomic mass is 32.2. The van der Waals surface area contributed by atoms with E-state index in [4.69, 9.17) is 4.74 Å². The molecule has 3 rings (SSSR count). The number of amides is 2. The van der Waals surface area contributed by atoms with Gasteiger partial charge in [0, 0.05) is 18.2 Å². The molecule has 0 bridgehead atoms. The van der Waals surface area contributed by atoms with Crippen molar-refractivity contribution in [3.8, 4) is 0 Å². The van der Waals surface area contributed by atoms with Crippen molar-refractivity contribution in [2.45, 2.75) is 31.7 Å². The van der Waals surface area contributed by atoms with Crippen LogP contribution >= 0.6 is 11.8 Å². The summed E-state index contributed by atoms with van der Waals surface area (Å²) in [5.41, 5.74) is 1.38. The van der Waals surface area contributed by atoms with Crippen molar-refractivity contribution in [3.05, 3.63) is 46.9 Å². The van der Waals surface area contributed by atoms with Gasteiger partial charge in [-0.1, -0.05) is 19.1 Å². The Hall–Kier alpha value is -2.88. The maximum Gasteiger partial charge on any atom is 0.352 e. The lowest BCUT2D eigenvalue weighted by Crippen LogP contribution is -2.69. The van der Waals surface area contributed by atoms with Gasteiger partial charge >= 0.3 is 11.9 Å². The van der Waals surface area contributed by atoms with Crippen molar-refractivity contribution < 1.29 is 33.4 Å². The van der Waals surface area contributed by atoms with Crippen LogP contribution in [0.3, 0.4) is 0 Å². The van der Waals surface area contributed by atoms with Crippen LogP contribution in [0.1, 0.15) is 19.4 Å². The van der Waals surface area contributed by atoms with Crippen molar-refractivity contribution in [3.63, 3.8) is 0 Å². The number of carbonyl (C=O) groups is 4. The van der Waals surface area contributed by atoms with E-state index in [1.807, 2.05) is 6.92 Å². The minimum absolute atomic E-state index is 0.160. The van der Waals surface area contributed by atoms with Crippen molar-refractivity contribution >= 4 is 36.0 Å². The van der Waals surface area contributed by atoms with Gasteiger partial charge in [0.15, 0.2) is 0 Å². The smallest absolute Gasteiger partial charge is 0.352 e. The number of esters is 1. The van der Waals surface area contributed by atoms with Gasteiger partial charge in [-0.2, -0.15) is 0 Å². The molecule has 29 heavy (non-hydrogen) atoms. The summed E-state index contributed by atoms with van der Waals surface area (Å²) in [5, 5.41) is 11.2. The zero-order valence-corrected chi connectivity index (χ0v) is 16.7. The molecule has 0 spiro atoms. The van der Waals surface area contributed by atoms with E-state index >= 15 is 0 Å². The Kier molecular flexibility index (Phi) is 7.77. The van der Waals surface area contributed by atoms with E-state index in [1.54, 1.807) is 12.1 Å². The topological polar surface area (TPSA) is 113 Å². The SMILES string of the molecule is CC(=O)OCC1=C(C(=O)O)N2C(=O)C(NC=O)C2SC1.CCc1ccc(F)cc1. The van der Waals surface area contributed by atoms with Gasteiger partial charge in [0.05, 0.1) is 0 Å². The van der Waals surface area contributed by atoms with Crippen LogP contribution in [0, 0.1) is 5.82 Å². The van der Waals surface area contributed by atoms with Crippen LogP contribution < -0.4 is 5.32 Å². The number of hydrogen-bond donors (Lipinski definition) is 2. The van der Waals surface area contributed by atoms with Crippen molar-refractivity contribution in [2.75, 3.05) is 12.4 Å². The number of nitrogens with zero attached hydrogens (tertiary/aromatic N) is 1. The zero-order valence-electron chi connectivity index (χ0n) is 15.9. The second kappa shape index (κ2) is 10.1. The molecule has 2 N–H and O–H groups in total. The van der Waals surface area contributed by atoms with Crippen molar-refractivity contribution in [2.24, 2.45) is 0 Å². The lowest BCUT2D eigenvalue weighted by molar-refractivity contribution is -0.150. The van der Waals surface area contributed by atoms with E-state index in [9.17, 15) is 28.7 Å². The molecule has 1 aromatic rings. The summed E-state index contributed by atoms with van der Waals surface area (Å²) in [6, 6.07) is 5.87. The largest absolute Gasteiger partial charge is 0.477 e. The minimum atomic E-state index is -1.25. The summed E-state index contributed by atoms with van der Waals surface area (Å²) in [6.07, 6.45) is 1.39. The Morgan fingerprint density at radius 3 is 2.55 bits per heavy atom. The molecule has 2 atom stereocenters. The number of hydrogen-bond acceptors (Lipinski definition) is 6. The van der Waals surface area contributed by atoms with E-state index in [0.29, 0.717) is 17.7 Å². The lowest BCUT2D eigenvalue weighted by atomic mass is 10.0. The summed E-state index contributed by atoms with van der Waals surface area (Å²) in [4.78, 5) is 45.5. The zero-order chi connectivity index (χ0) is 21.6. The highest BCUT2D eigenvalue weighted by Crippen LogP contribution is 2.40. The number of ether oxygens (including phenoxy) is 1. The summed E-state index contributed by atoms with van der Waals surface area (Å²) in [7, 11) is 0. The van der Waals surface area contributed by atoms with Crippen molar-refractivity contribution in [1.29, 1.82) is 0 Å². The Labute approximate surface area is 171 Å². The maximum atomic E-state index is 12.2. The maximum absolute atomic E-state index is 12.2. The fraction of sp³-hybridized carbons (Fsp3) is 0.368. The number of benzene rings is 1. The van der Waals surface area contributed by atoms with Crippen LogP contribution in [-0.4, -0.2) is 58.0 Å². The average molecular weight is 424 g/mol. The van der Waals surface area contributed by atoms with E-state index < -0.39 is 29.3 Å². The fourth-order valence-electron chi connectivity index (χ4n) is 2.80. The van der Waals surface area contributed by atoms with Crippen LogP contribution in [0.25, 0.3) is 0 Å². The number of halogens is 1. The van der Waals surface area contributed by atoms with E-state index in [0.717, 1.165) is 11.3 Å². The number of carboxylic acid groups (broad SMARTS) is 1. The Morgan fingerprint density at radius 1 is 1.38 bits per heavy atom. The predicted octanol–water partition coefficient (Wildman–Crippen LogP) is 1.31. The number of thioether (sulfide) groups is 1. The fourth-order valence-corrected chi connectivity index (χ4v) is 4.13. The molecule has 2 heterocycles. The molecule has 1 fully saturated rings. The summed E-state index contributed by atoms with van der Waals surface area (Å²) >= 11 is 1.32. The van der Waals surface area contributed by atoms with Gasteiger partial charge < -0.3 is 15.2 Å². The Bertz CT molecular complexity index is 826. The van der Waals surface area contributed by atoms with Crippen LogP contribution in [0.2, 0.25) is 0 Å². The van der Waals surface area contributed by atoms with Gasteiger partial charge in [-0.15, -0.1) is 11.8 Å². The van der Waals surface area contributed by atoms with E-state index in [-0.39, 0.29) is 18.1 Å². The van der Waals surface area contributed by atoms with Crippen LogP contribution in [0.5, 0.6) is 0 Å². The number of nitrogens with one attached hydrogen (secondary N) is 1.